The van der Waals surface area contributed by atoms with Crippen LogP contribution in [0.4, 0.5) is 5.69 Å². The van der Waals surface area contributed by atoms with E-state index in [0.717, 1.165) is 12.2 Å². The molecule has 1 amide bonds. The predicted molar refractivity (Wildman–Crippen MR) is 98.4 cm³/mol. The van der Waals surface area contributed by atoms with Crippen molar-refractivity contribution in [1.29, 1.82) is 0 Å². The smallest absolute Gasteiger partial charge is 0.326 e. The fourth-order valence-corrected chi connectivity index (χ4v) is 3.02. The second kappa shape index (κ2) is 8.47. The van der Waals surface area contributed by atoms with Crippen LogP contribution in [-0.2, 0) is 14.3 Å². The van der Waals surface area contributed by atoms with Crippen LogP contribution in [0.15, 0.2) is 18.2 Å². The molecule has 0 spiro atoms. The van der Waals surface area contributed by atoms with Crippen molar-refractivity contribution in [3.63, 3.8) is 0 Å². The van der Waals surface area contributed by atoms with Gasteiger partial charge in [-0.25, -0.2) is 0 Å². The SMILES string of the molecule is CCCSCC(=O)N(CC(=O)OC(C)(C)C)c1ccc2c(c1)OCO2. The molecule has 7 heteroatoms. The molecular formula is C18H25NO5S. The Labute approximate surface area is 152 Å². The monoisotopic (exact) mass is 367 g/mol. The van der Waals surface area contributed by atoms with Crippen molar-refractivity contribution in [2.75, 3.05) is 29.7 Å². The number of amides is 1. The lowest BCUT2D eigenvalue weighted by molar-refractivity contribution is -0.153. The molecule has 1 aromatic rings. The Morgan fingerprint density at radius 1 is 1.24 bits per heavy atom. The Kier molecular flexibility index (Phi) is 6.58. The number of carbonyl (C=O) groups is 2. The maximum Gasteiger partial charge on any atom is 0.326 e. The molecule has 2 rings (SSSR count). The third-order valence-corrected chi connectivity index (χ3v) is 4.40. The minimum Gasteiger partial charge on any atom is -0.459 e. The zero-order valence-corrected chi connectivity index (χ0v) is 16.0. The Balaban J connectivity index is 2.16. The Morgan fingerprint density at radius 2 is 1.96 bits per heavy atom. The van der Waals surface area contributed by atoms with Gasteiger partial charge in [-0.3, -0.25) is 9.59 Å². The van der Waals surface area contributed by atoms with E-state index in [2.05, 4.69) is 6.92 Å². The van der Waals surface area contributed by atoms with Gasteiger partial charge in [0.1, 0.15) is 12.1 Å². The topological polar surface area (TPSA) is 65.1 Å². The second-order valence-electron chi connectivity index (χ2n) is 6.66. The lowest BCUT2D eigenvalue weighted by Gasteiger charge is -2.25. The molecule has 0 aromatic heterocycles. The van der Waals surface area contributed by atoms with Crippen LogP contribution in [0.5, 0.6) is 11.5 Å². The summed E-state index contributed by atoms with van der Waals surface area (Å²) >= 11 is 1.55. The van der Waals surface area contributed by atoms with Crippen molar-refractivity contribution in [2.45, 2.75) is 39.7 Å². The number of ether oxygens (including phenoxy) is 3. The summed E-state index contributed by atoms with van der Waals surface area (Å²) in [6.45, 7) is 7.49. The molecule has 0 atom stereocenters. The maximum absolute atomic E-state index is 12.6. The number of rotatable bonds is 7. The normalized spacial score (nSPS) is 12.8. The molecule has 0 saturated carbocycles. The third kappa shape index (κ3) is 5.85. The first-order valence-electron chi connectivity index (χ1n) is 8.30. The number of benzene rings is 1. The quantitative estimate of drug-likeness (QED) is 0.544. The highest BCUT2D eigenvalue weighted by molar-refractivity contribution is 7.99. The number of carbonyl (C=O) groups excluding carboxylic acids is 2. The summed E-state index contributed by atoms with van der Waals surface area (Å²) in [7, 11) is 0. The number of hydrogen-bond donors (Lipinski definition) is 0. The summed E-state index contributed by atoms with van der Waals surface area (Å²) in [4.78, 5) is 26.3. The van der Waals surface area contributed by atoms with E-state index in [4.69, 9.17) is 14.2 Å². The van der Waals surface area contributed by atoms with Crippen molar-refractivity contribution in [1.82, 2.24) is 0 Å². The molecule has 0 N–H and O–H groups in total. The van der Waals surface area contributed by atoms with Crippen molar-refractivity contribution < 1.29 is 23.8 Å². The van der Waals surface area contributed by atoms with E-state index in [1.807, 2.05) is 0 Å². The van der Waals surface area contributed by atoms with Crippen LogP contribution in [0.1, 0.15) is 34.1 Å². The van der Waals surface area contributed by atoms with Gasteiger partial charge in [0.2, 0.25) is 12.7 Å². The van der Waals surface area contributed by atoms with Gasteiger partial charge in [0.25, 0.3) is 0 Å². The van der Waals surface area contributed by atoms with E-state index in [-0.39, 0.29) is 19.2 Å². The van der Waals surface area contributed by atoms with Crippen LogP contribution >= 0.6 is 11.8 Å². The molecule has 1 aliphatic heterocycles. The number of nitrogens with zero attached hydrogens (tertiary/aromatic N) is 1. The minimum absolute atomic E-state index is 0.136. The van der Waals surface area contributed by atoms with E-state index in [1.165, 1.54) is 4.90 Å². The molecule has 1 aromatic carbocycles. The number of thioether (sulfide) groups is 1. The first kappa shape index (κ1) is 19.4. The molecule has 0 aliphatic carbocycles. The molecule has 25 heavy (non-hydrogen) atoms. The lowest BCUT2D eigenvalue weighted by atomic mass is 10.2. The fraction of sp³-hybridized carbons (Fsp3) is 0.556. The minimum atomic E-state index is -0.600. The third-order valence-electron chi connectivity index (χ3n) is 3.25. The standard InChI is InChI=1S/C18H25NO5S/c1-5-8-25-11-16(20)19(10-17(21)24-18(2,3)4)13-6-7-14-15(9-13)23-12-22-14/h6-7,9H,5,8,10-12H2,1-4H3. The van der Waals surface area contributed by atoms with E-state index < -0.39 is 11.6 Å². The molecule has 0 bridgehead atoms. The van der Waals surface area contributed by atoms with Crippen molar-refractivity contribution in [2.24, 2.45) is 0 Å². The molecule has 0 unspecified atom stereocenters. The maximum atomic E-state index is 12.6. The number of hydrogen-bond acceptors (Lipinski definition) is 6. The molecule has 6 nitrogen and oxygen atoms in total. The Hall–Kier alpha value is -1.89. The van der Waals surface area contributed by atoms with Crippen molar-refractivity contribution in [3.8, 4) is 11.5 Å². The van der Waals surface area contributed by atoms with Gasteiger partial charge in [0, 0.05) is 11.8 Å². The summed E-state index contributed by atoms with van der Waals surface area (Å²) in [6.07, 6.45) is 0.994. The van der Waals surface area contributed by atoms with Gasteiger partial charge in [-0.05, 0) is 45.1 Å². The van der Waals surface area contributed by atoms with Crippen LogP contribution in [-0.4, -0.2) is 42.3 Å². The summed E-state index contributed by atoms with van der Waals surface area (Å²) in [5, 5.41) is 0. The Bertz CT molecular complexity index is 626. The van der Waals surface area contributed by atoms with E-state index >= 15 is 0 Å². The van der Waals surface area contributed by atoms with Gasteiger partial charge in [0.05, 0.1) is 5.75 Å². The van der Waals surface area contributed by atoms with Gasteiger partial charge < -0.3 is 19.1 Å². The van der Waals surface area contributed by atoms with Crippen LogP contribution in [0.3, 0.4) is 0 Å². The van der Waals surface area contributed by atoms with Crippen LogP contribution in [0.2, 0.25) is 0 Å². The molecule has 1 heterocycles. The molecule has 0 fully saturated rings. The van der Waals surface area contributed by atoms with Crippen molar-refractivity contribution in [3.05, 3.63) is 18.2 Å². The van der Waals surface area contributed by atoms with Crippen LogP contribution < -0.4 is 14.4 Å². The fourth-order valence-electron chi connectivity index (χ4n) is 2.26. The summed E-state index contributed by atoms with van der Waals surface area (Å²) in [5.41, 5.74) is -0.00492. The highest BCUT2D eigenvalue weighted by Gasteiger charge is 2.25. The molecule has 0 saturated heterocycles. The van der Waals surface area contributed by atoms with Gasteiger partial charge >= 0.3 is 5.97 Å². The van der Waals surface area contributed by atoms with Crippen molar-refractivity contribution >= 4 is 29.3 Å². The molecule has 1 aliphatic rings. The Morgan fingerprint density at radius 3 is 2.64 bits per heavy atom. The van der Waals surface area contributed by atoms with Crippen LogP contribution in [0.25, 0.3) is 0 Å². The average molecular weight is 367 g/mol. The molecular weight excluding hydrogens is 342 g/mol. The van der Waals surface area contributed by atoms with E-state index in [0.29, 0.717) is 22.9 Å². The molecule has 0 radical (unpaired) electrons. The van der Waals surface area contributed by atoms with Gasteiger partial charge in [-0.2, -0.15) is 11.8 Å². The zero-order valence-electron chi connectivity index (χ0n) is 15.2. The highest BCUT2D eigenvalue weighted by Crippen LogP contribution is 2.35. The molecule has 138 valence electrons. The number of fused-ring (bicyclic) bond motifs is 1. The van der Waals surface area contributed by atoms with E-state index in [9.17, 15) is 9.59 Å². The van der Waals surface area contributed by atoms with Gasteiger partial charge in [-0.15, -0.1) is 0 Å². The first-order chi connectivity index (χ1) is 11.8. The summed E-state index contributed by atoms with van der Waals surface area (Å²) in [6, 6.07) is 5.21. The predicted octanol–water partition coefficient (Wildman–Crippen LogP) is 3.23. The lowest BCUT2D eigenvalue weighted by Crippen LogP contribution is -2.39. The van der Waals surface area contributed by atoms with E-state index in [1.54, 1.807) is 50.7 Å². The largest absolute Gasteiger partial charge is 0.459 e. The number of esters is 1. The highest BCUT2D eigenvalue weighted by atomic mass is 32.2. The summed E-state index contributed by atoms with van der Waals surface area (Å²) in [5.74, 6) is 1.83. The summed E-state index contributed by atoms with van der Waals surface area (Å²) < 4.78 is 16.0. The van der Waals surface area contributed by atoms with Crippen LogP contribution in [0, 0.1) is 0 Å². The number of anilines is 1. The zero-order chi connectivity index (χ0) is 18.4. The average Bonchev–Trinajstić information content (AvgIpc) is 2.98. The first-order valence-corrected chi connectivity index (χ1v) is 9.45. The van der Waals surface area contributed by atoms with Gasteiger partial charge in [-0.1, -0.05) is 6.92 Å². The second-order valence-corrected chi connectivity index (χ2v) is 7.76. The van der Waals surface area contributed by atoms with Gasteiger partial charge in [0.15, 0.2) is 11.5 Å².